The molecular weight excluding hydrogens is 314 g/mol. The number of anilines is 1. The Morgan fingerprint density at radius 3 is 2.52 bits per heavy atom. The molecule has 138 valence electrons. The number of benzene rings is 1. The third kappa shape index (κ3) is 4.27. The van der Waals surface area contributed by atoms with Crippen LogP contribution in [-0.4, -0.2) is 50.6 Å². The highest BCUT2D eigenvalue weighted by molar-refractivity contribution is 5.77. The van der Waals surface area contributed by atoms with E-state index >= 15 is 0 Å². The number of piperazine rings is 1. The normalized spacial score (nSPS) is 20.4. The molecule has 25 heavy (non-hydrogen) atoms. The third-order valence-electron chi connectivity index (χ3n) is 5.92. The van der Waals surface area contributed by atoms with Crippen molar-refractivity contribution in [1.82, 2.24) is 4.90 Å². The van der Waals surface area contributed by atoms with E-state index in [2.05, 4.69) is 17.0 Å². The molecule has 0 radical (unpaired) electrons. The minimum atomic E-state index is 0.0548. The second-order valence-corrected chi connectivity index (χ2v) is 7.51. The zero-order chi connectivity index (χ0) is 17.7. The Hall–Kier alpha value is -1.75. The summed E-state index contributed by atoms with van der Waals surface area (Å²) >= 11 is 0. The second-order valence-electron chi connectivity index (χ2n) is 7.51. The summed E-state index contributed by atoms with van der Waals surface area (Å²) in [6.07, 6.45) is 6.57. The molecule has 1 heterocycles. The third-order valence-corrected chi connectivity index (χ3v) is 5.92. The Balaban J connectivity index is 1.55. The van der Waals surface area contributed by atoms with Crippen LogP contribution in [0.4, 0.5) is 5.69 Å². The van der Waals surface area contributed by atoms with Crippen LogP contribution < -0.4 is 15.4 Å². The topological polar surface area (TPSA) is 58.8 Å². The molecule has 5 heteroatoms. The van der Waals surface area contributed by atoms with Crippen LogP contribution in [0.1, 0.15) is 38.5 Å². The summed E-state index contributed by atoms with van der Waals surface area (Å²) in [5.41, 5.74) is 7.27. The number of ether oxygens (including phenoxy) is 1. The van der Waals surface area contributed by atoms with E-state index in [1.54, 1.807) is 7.11 Å². The lowest BCUT2D eigenvalue weighted by atomic mass is 9.71. The van der Waals surface area contributed by atoms with Crippen molar-refractivity contribution in [2.75, 3.05) is 44.7 Å². The number of nitrogens with zero attached hydrogens (tertiary/aromatic N) is 2. The smallest absolute Gasteiger partial charge is 0.223 e. The van der Waals surface area contributed by atoms with E-state index in [1.165, 1.54) is 19.3 Å². The SMILES string of the molecule is COc1cccc(N2CCN(C(=O)CC3(CN)CCCCC3)CC2)c1. The van der Waals surface area contributed by atoms with Crippen LogP contribution in [0.25, 0.3) is 0 Å². The average molecular weight is 345 g/mol. The van der Waals surface area contributed by atoms with E-state index in [-0.39, 0.29) is 11.3 Å². The summed E-state index contributed by atoms with van der Waals surface area (Å²) < 4.78 is 5.31. The van der Waals surface area contributed by atoms with Gasteiger partial charge in [0.2, 0.25) is 5.91 Å². The number of hydrogen-bond donors (Lipinski definition) is 1. The molecule has 3 rings (SSSR count). The standard InChI is InChI=1S/C20H31N3O2/c1-25-18-7-5-6-17(14-18)22-10-12-23(13-11-22)19(24)15-20(16-21)8-3-2-4-9-20/h5-7,14H,2-4,8-13,15-16,21H2,1H3. The van der Waals surface area contributed by atoms with Crippen molar-refractivity contribution in [3.8, 4) is 5.75 Å². The van der Waals surface area contributed by atoms with Crippen LogP contribution >= 0.6 is 0 Å². The van der Waals surface area contributed by atoms with Crippen LogP contribution in [0.2, 0.25) is 0 Å². The van der Waals surface area contributed by atoms with Crippen LogP contribution in [0.3, 0.4) is 0 Å². The second kappa shape index (κ2) is 8.09. The predicted octanol–water partition coefficient (Wildman–Crippen LogP) is 2.64. The number of carbonyl (C=O) groups excluding carboxylic acids is 1. The first-order valence-electron chi connectivity index (χ1n) is 9.53. The molecule has 0 atom stereocenters. The number of nitrogens with two attached hydrogens (primary N) is 1. The fourth-order valence-corrected chi connectivity index (χ4v) is 4.21. The quantitative estimate of drug-likeness (QED) is 0.891. The molecule has 0 aromatic heterocycles. The molecular formula is C20H31N3O2. The maximum absolute atomic E-state index is 12.8. The van der Waals surface area contributed by atoms with E-state index in [0.717, 1.165) is 50.5 Å². The van der Waals surface area contributed by atoms with Crippen molar-refractivity contribution in [3.05, 3.63) is 24.3 Å². The van der Waals surface area contributed by atoms with Crippen molar-refractivity contribution in [3.63, 3.8) is 0 Å². The monoisotopic (exact) mass is 345 g/mol. The zero-order valence-corrected chi connectivity index (χ0v) is 15.4. The lowest BCUT2D eigenvalue weighted by Gasteiger charge is -2.40. The Morgan fingerprint density at radius 1 is 1.16 bits per heavy atom. The highest BCUT2D eigenvalue weighted by atomic mass is 16.5. The predicted molar refractivity (Wildman–Crippen MR) is 101 cm³/mol. The Bertz CT molecular complexity index is 576. The number of hydrogen-bond acceptors (Lipinski definition) is 4. The fraction of sp³-hybridized carbons (Fsp3) is 0.650. The molecule has 0 unspecified atom stereocenters. The van der Waals surface area contributed by atoms with Gasteiger partial charge in [-0.2, -0.15) is 0 Å². The van der Waals surface area contributed by atoms with Crippen LogP contribution in [0.5, 0.6) is 5.75 Å². The maximum Gasteiger partial charge on any atom is 0.223 e. The fourth-order valence-electron chi connectivity index (χ4n) is 4.21. The Kier molecular flexibility index (Phi) is 5.84. The van der Waals surface area contributed by atoms with E-state index in [4.69, 9.17) is 10.5 Å². The van der Waals surface area contributed by atoms with Crippen LogP contribution in [0.15, 0.2) is 24.3 Å². The number of amides is 1. The molecule has 5 nitrogen and oxygen atoms in total. The maximum atomic E-state index is 12.8. The lowest BCUT2D eigenvalue weighted by molar-refractivity contribution is -0.134. The Morgan fingerprint density at radius 2 is 1.88 bits per heavy atom. The molecule has 0 spiro atoms. The molecule has 0 bridgehead atoms. The van der Waals surface area contributed by atoms with E-state index in [1.807, 2.05) is 17.0 Å². The van der Waals surface area contributed by atoms with E-state index in [9.17, 15) is 4.79 Å². The summed E-state index contributed by atoms with van der Waals surface area (Å²) in [6, 6.07) is 8.13. The lowest BCUT2D eigenvalue weighted by Crippen LogP contribution is -2.50. The molecule has 1 aliphatic carbocycles. The largest absolute Gasteiger partial charge is 0.497 e. The first-order chi connectivity index (χ1) is 12.2. The number of rotatable bonds is 5. The van der Waals surface area contributed by atoms with Crippen molar-refractivity contribution in [2.45, 2.75) is 38.5 Å². The summed E-state index contributed by atoms with van der Waals surface area (Å²) in [5.74, 6) is 1.16. The number of methoxy groups -OCH3 is 1. The molecule has 1 aromatic rings. The summed E-state index contributed by atoms with van der Waals surface area (Å²) in [6.45, 7) is 3.96. The van der Waals surface area contributed by atoms with Crippen LogP contribution in [0, 0.1) is 5.41 Å². The van der Waals surface area contributed by atoms with Crippen molar-refractivity contribution < 1.29 is 9.53 Å². The first-order valence-corrected chi connectivity index (χ1v) is 9.53. The van der Waals surface area contributed by atoms with Crippen molar-refractivity contribution >= 4 is 11.6 Å². The molecule has 2 N–H and O–H groups in total. The molecule has 1 aliphatic heterocycles. The van der Waals surface area contributed by atoms with Crippen molar-refractivity contribution in [2.24, 2.45) is 11.1 Å². The van der Waals surface area contributed by atoms with Gasteiger partial charge in [0, 0.05) is 44.4 Å². The van der Waals surface area contributed by atoms with Crippen molar-refractivity contribution in [1.29, 1.82) is 0 Å². The highest BCUT2D eigenvalue weighted by Gasteiger charge is 2.35. The van der Waals surface area contributed by atoms with Gasteiger partial charge in [-0.1, -0.05) is 25.3 Å². The summed E-state index contributed by atoms with van der Waals surface area (Å²) in [4.78, 5) is 17.2. The van der Waals surface area contributed by atoms with Gasteiger partial charge >= 0.3 is 0 Å². The molecule has 1 amide bonds. The van der Waals surface area contributed by atoms with Gasteiger partial charge < -0.3 is 20.3 Å². The van der Waals surface area contributed by atoms with Gasteiger partial charge in [0.1, 0.15) is 5.75 Å². The zero-order valence-electron chi connectivity index (χ0n) is 15.4. The van der Waals surface area contributed by atoms with Gasteiger partial charge in [0.25, 0.3) is 0 Å². The van der Waals surface area contributed by atoms with Gasteiger partial charge in [-0.3, -0.25) is 4.79 Å². The van der Waals surface area contributed by atoms with Gasteiger partial charge in [0.05, 0.1) is 7.11 Å². The van der Waals surface area contributed by atoms with Gasteiger partial charge in [-0.25, -0.2) is 0 Å². The molecule has 1 saturated carbocycles. The van der Waals surface area contributed by atoms with E-state index < -0.39 is 0 Å². The molecule has 1 saturated heterocycles. The summed E-state index contributed by atoms with van der Waals surface area (Å²) in [5, 5.41) is 0. The van der Waals surface area contributed by atoms with E-state index in [0.29, 0.717) is 13.0 Å². The van der Waals surface area contributed by atoms with Gasteiger partial charge in [0.15, 0.2) is 0 Å². The van der Waals surface area contributed by atoms with Crippen LogP contribution in [-0.2, 0) is 4.79 Å². The first kappa shape index (κ1) is 18.1. The number of carbonyl (C=O) groups is 1. The Labute approximate surface area is 151 Å². The van der Waals surface area contributed by atoms with Gasteiger partial charge in [-0.15, -0.1) is 0 Å². The minimum absolute atomic E-state index is 0.0548. The average Bonchev–Trinajstić information content (AvgIpc) is 2.69. The molecule has 2 aliphatic rings. The summed E-state index contributed by atoms with van der Waals surface area (Å²) in [7, 11) is 1.69. The highest BCUT2D eigenvalue weighted by Crippen LogP contribution is 2.38. The molecule has 1 aromatic carbocycles. The minimum Gasteiger partial charge on any atom is -0.497 e. The van der Waals surface area contributed by atoms with Gasteiger partial charge in [-0.05, 0) is 36.9 Å². The molecule has 2 fully saturated rings.